The molecule has 3 heterocycles. The fraction of sp³-hybridized carbons (Fsp3) is 0.432. The van der Waals surface area contributed by atoms with E-state index in [1.165, 1.54) is 5.56 Å². The van der Waals surface area contributed by atoms with Crippen LogP contribution in [0.2, 0.25) is 0 Å². The first-order valence-electron chi connectivity index (χ1n) is 16.7. The van der Waals surface area contributed by atoms with Crippen LogP contribution in [0.15, 0.2) is 71.5 Å². The van der Waals surface area contributed by atoms with E-state index in [2.05, 4.69) is 22.8 Å². The summed E-state index contributed by atoms with van der Waals surface area (Å²) < 4.78 is 19.2. The Labute approximate surface area is 276 Å². The Kier molecular flexibility index (Phi) is 10.5. The zero-order valence-corrected chi connectivity index (χ0v) is 27.7. The van der Waals surface area contributed by atoms with Crippen LogP contribution in [-0.2, 0) is 29.0 Å². The highest BCUT2D eigenvalue weighted by Gasteiger charge is 2.25. The second kappa shape index (κ2) is 15.1. The summed E-state index contributed by atoms with van der Waals surface area (Å²) in [6.45, 7) is 13.0. The summed E-state index contributed by atoms with van der Waals surface area (Å²) in [7, 11) is 0. The van der Waals surface area contributed by atoms with Gasteiger partial charge in [-0.25, -0.2) is 4.98 Å². The number of fused-ring (bicyclic) bond motifs is 1. The summed E-state index contributed by atoms with van der Waals surface area (Å²) in [5.74, 6) is 1.94. The van der Waals surface area contributed by atoms with Crippen LogP contribution in [0.25, 0.3) is 16.6 Å². The molecule has 6 rings (SSSR count). The topological polar surface area (TPSA) is 89.4 Å². The summed E-state index contributed by atoms with van der Waals surface area (Å²) in [5.41, 5.74) is 3.54. The predicted molar refractivity (Wildman–Crippen MR) is 182 cm³/mol. The van der Waals surface area contributed by atoms with Gasteiger partial charge in [0.25, 0.3) is 11.5 Å². The molecule has 10 heteroatoms. The molecule has 10 nitrogen and oxygen atoms in total. The van der Waals surface area contributed by atoms with E-state index in [1.54, 1.807) is 4.57 Å². The number of ether oxygens (including phenoxy) is 3. The summed E-state index contributed by atoms with van der Waals surface area (Å²) in [4.78, 5) is 38.9. The lowest BCUT2D eigenvalue weighted by atomic mass is 10.1. The van der Waals surface area contributed by atoms with Gasteiger partial charge in [0.15, 0.2) is 6.61 Å². The Balaban J connectivity index is 1.22. The molecule has 248 valence electrons. The molecule has 4 aromatic rings. The lowest BCUT2D eigenvalue weighted by Gasteiger charge is -2.34. The van der Waals surface area contributed by atoms with E-state index in [1.807, 2.05) is 79.4 Å². The second-order valence-corrected chi connectivity index (χ2v) is 12.5. The van der Waals surface area contributed by atoms with E-state index in [4.69, 9.17) is 19.2 Å². The molecule has 0 aliphatic carbocycles. The molecule has 1 amide bonds. The molecule has 47 heavy (non-hydrogen) atoms. The lowest BCUT2D eigenvalue weighted by molar-refractivity contribution is -0.135. The second-order valence-electron chi connectivity index (χ2n) is 12.5. The SMILES string of the molecule is CCc1ccc(OCC(=O)N2CCN(Cc3nc4ccc(CN5CCOCC5)cc4c(=O)n3-c3ccccc3OC(C)C)CC2)cc1. The Hall–Kier alpha value is -4.25. The molecule has 2 saturated heterocycles. The lowest BCUT2D eigenvalue weighted by Crippen LogP contribution is -2.50. The predicted octanol–water partition coefficient (Wildman–Crippen LogP) is 4.29. The van der Waals surface area contributed by atoms with Crippen LogP contribution in [0, 0.1) is 0 Å². The van der Waals surface area contributed by atoms with E-state index in [0.717, 1.165) is 44.8 Å². The summed E-state index contributed by atoms with van der Waals surface area (Å²) in [6, 6.07) is 21.5. The van der Waals surface area contributed by atoms with E-state index in [-0.39, 0.29) is 24.2 Å². The molecule has 2 aliphatic heterocycles. The zero-order valence-electron chi connectivity index (χ0n) is 27.7. The van der Waals surface area contributed by atoms with Gasteiger partial charge in [-0.2, -0.15) is 0 Å². The molecule has 3 aromatic carbocycles. The summed E-state index contributed by atoms with van der Waals surface area (Å²) in [6.07, 6.45) is 0.900. The molecule has 0 unspecified atom stereocenters. The number of aromatic nitrogens is 2. The third-order valence-electron chi connectivity index (χ3n) is 8.76. The number of para-hydroxylation sites is 2. The number of morpholine rings is 1. The zero-order chi connectivity index (χ0) is 32.8. The number of rotatable bonds is 11. The van der Waals surface area contributed by atoms with Crippen molar-refractivity contribution in [3.05, 3.63) is 94.0 Å². The molecule has 0 radical (unpaired) electrons. The smallest absolute Gasteiger partial charge is 0.266 e. The van der Waals surface area contributed by atoms with Gasteiger partial charge in [0, 0.05) is 45.8 Å². The normalized spacial score (nSPS) is 16.1. The van der Waals surface area contributed by atoms with Gasteiger partial charge >= 0.3 is 0 Å². The fourth-order valence-electron chi connectivity index (χ4n) is 6.16. The number of carbonyl (C=O) groups excluding carboxylic acids is 1. The maximum atomic E-state index is 14.4. The number of benzene rings is 3. The molecule has 0 bridgehead atoms. The molecular formula is C37H45N5O5. The monoisotopic (exact) mass is 639 g/mol. The van der Waals surface area contributed by atoms with Gasteiger partial charge in [-0.1, -0.05) is 37.3 Å². The molecule has 1 aromatic heterocycles. The van der Waals surface area contributed by atoms with Gasteiger partial charge in [-0.3, -0.25) is 24.0 Å². The van der Waals surface area contributed by atoms with E-state index >= 15 is 0 Å². The third kappa shape index (κ3) is 8.01. The molecule has 2 fully saturated rings. The van der Waals surface area contributed by atoms with Crippen molar-refractivity contribution in [2.75, 3.05) is 59.1 Å². The van der Waals surface area contributed by atoms with Crippen LogP contribution in [0.1, 0.15) is 37.7 Å². The van der Waals surface area contributed by atoms with Gasteiger partial charge < -0.3 is 19.1 Å². The number of hydrogen-bond acceptors (Lipinski definition) is 8. The largest absolute Gasteiger partial charge is 0.489 e. The van der Waals surface area contributed by atoms with Crippen molar-refractivity contribution >= 4 is 16.8 Å². The van der Waals surface area contributed by atoms with E-state index in [0.29, 0.717) is 66.6 Å². The molecule has 0 N–H and O–H groups in total. The quantitative estimate of drug-likeness (QED) is 0.240. The number of aryl methyl sites for hydroxylation is 1. The van der Waals surface area contributed by atoms with Crippen molar-refractivity contribution in [2.45, 2.75) is 46.4 Å². The summed E-state index contributed by atoms with van der Waals surface area (Å²) in [5, 5.41) is 0.582. The van der Waals surface area contributed by atoms with Crippen molar-refractivity contribution in [3.63, 3.8) is 0 Å². The standard InChI is InChI=1S/C37H45N5O5/c1-4-28-9-12-30(13-10-28)46-26-36(43)41-17-15-39(16-18-41)25-35-38-32-14-11-29(24-40-19-21-45-22-20-40)23-31(32)37(44)42(35)33-7-5-6-8-34(33)47-27(2)3/h5-14,23,27H,4,15-22,24-26H2,1-3H3. The average molecular weight is 640 g/mol. The van der Waals surface area contributed by atoms with E-state index in [9.17, 15) is 9.59 Å². The van der Waals surface area contributed by atoms with Gasteiger partial charge in [0.05, 0.1) is 42.5 Å². The number of nitrogens with zero attached hydrogens (tertiary/aromatic N) is 5. The van der Waals surface area contributed by atoms with Crippen LogP contribution < -0.4 is 15.0 Å². The number of piperazine rings is 1. The molecular weight excluding hydrogens is 594 g/mol. The molecule has 2 aliphatic rings. The highest BCUT2D eigenvalue weighted by molar-refractivity contribution is 5.79. The minimum atomic E-state index is -0.119. The molecule has 0 spiro atoms. The average Bonchev–Trinajstić information content (AvgIpc) is 3.09. The van der Waals surface area contributed by atoms with E-state index < -0.39 is 0 Å². The van der Waals surface area contributed by atoms with Crippen molar-refractivity contribution < 1.29 is 19.0 Å². The maximum absolute atomic E-state index is 14.4. The minimum absolute atomic E-state index is 0.0113. The highest BCUT2D eigenvalue weighted by Crippen LogP contribution is 2.26. The van der Waals surface area contributed by atoms with Crippen LogP contribution in [0.3, 0.4) is 0 Å². The van der Waals surface area contributed by atoms with Crippen LogP contribution >= 0.6 is 0 Å². The van der Waals surface area contributed by atoms with Gasteiger partial charge in [0.1, 0.15) is 17.3 Å². The minimum Gasteiger partial charge on any atom is -0.489 e. The highest BCUT2D eigenvalue weighted by atomic mass is 16.5. The number of amides is 1. The maximum Gasteiger partial charge on any atom is 0.266 e. The number of hydrogen-bond donors (Lipinski definition) is 0. The first kappa shape index (κ1) is 32.7. The van der Waals surface area contributed by atoms with Crippen molar-refractivity contribution in [1.82, 2.24) is 24.3 Å². The van der Waals surface area contributed by atoms with Gasteiger partial charge in [0.2, 0.25) is 0 Å². The van der Waals surface area contributed by atoms with Crippen LogP contribution in [0.5, 0.6) is 11.5 Å². The fourth-order valence-corrected chi connectivity index (χ4v) is 6.16. The van der Waals surface area contributed by atoms with Crippen LogP contribution in [-0.4, -0.2) is 95.4 Å². The molecule has 0 atom stereocenters. The Morgan fingerprint density at radius 1 is 0.872 bits per heavy atom. The third-order valence-corrected chi connectivity index (χ3v) is 8.76. The summed E-state index contributed by atoms with van der Waals surface area (Å²) >= 11 is 0. The Bertz CT molecular complexity index is 1720. The van der Waals surface area contributed by atoms with Crippen molar-refractivity contribution in [2.24, 2.45) is 0 Å². The molecule has 0 saturated carbocycles. The Morgan fingerprint density at radius 3 is 2.30 bits per heavy atom. The van der Waals surface area contributed by atoms with Crippen molar-refractivity contribution in [1.29, 1.82) is 0 Å². The Morgan fingerprint density at radius 2 is 1.57 bits per heavy atom. The first-order valence-corrected chi connectivity index (χ1v) is 16.7. The first-order chi connectivity index (χ1) is 22.9. The van der Waals surface area contributed by atoms with Gasteiger partial charge in [-0.05, 0) is 67.8 Å². The van der Waals surface area contributed by atoms with Gasteiger partial charge in [-0.15, -0.1) is 0 Å². The number of carbonyl (C=O) groups is 1. The van der Waals surface area contributed by atoms with Crippen LogP contribution in [0.4, 0.5) is 0 Å². The van der Waals surface area contributed by atoms with Crippen molar-refractivity contribution in [3.8, 4) is 17.2 Å².